The number of benzene rings is 1. The molecule has 0 saturated carbocycles. The SMILES string of the molecule is NC(Cc1ccc(CC=O)cc1)C(=O)O. The van der Waals surface area contributed by atoms with Gasteiger partial charge in [0.2, 0.25) is 0 Å². The van der Waals surface area contributed by atoms with Crippen molar-refractivity contribution in [3.63, 3.8) is 0 Å². The summed E-state index contributed by atoms with van der Waals surface area (Å²) in [6.45, 7) is 0. The van der Waals surface area contributed by atoms with Gasteiger partial charge in [-0.3, -0.25) is 4.79 Å². The molecule has 1 unspecified atom stereocenters. The van der Waals surface area contributed by atoms with Gasteiger partial charge in [0.25, 0.3) is 0 Å². The van der Waals surface area contributed by atoms with E-state index in [4.69, 9.17) is 10.8 Å². The first kappa shape index (κ1) is 11.4. The maximum Gasteiger partial charge on any atom is 0.320 e. The number of carboxylic acid groups (broad SMARTS) is 1. The number of hydrogen-bond donors (Lipinski definition) is 2. The molecule has 1 aromatic carbocycles. The molecule has 0 aliphatic rings. The molecule has 0 bridgehead atoms. The normalized spacial score (nSPS) is 12.1. The first-order valence-corrected chi connectivity index (χ1v) is 4.63. The van der Waals surface area contributed by atoms with Crippen LogP contribution in [0.25, 0.3) is 0 Å². The molecule has 0 fully saturated rings. The summed E-state index contributed by atoms with van der Waals surface area (Å²) in [4.78, 5) is 20.7. The Hall–Kier alpha value is -1.68. The van der Waals surface area contributed by atoms with Crippen molar-refractivity contribution in [2.45, 2.75) is 18.9 Å². The van der Waals surface area contributed by atoms with E-state index in [0.717, 1.165) is 17.4 Å². The first-order chi connectivity index (χ1) is 7.13. The molecule has 3 N–H and O–H groups in total. The number of nitrogens with two attached hydrogens (primary N) is 1. The minimum absolute atomic E-state index is 0.302. The van der Waals surface area contributed by atoms with Crippen LogP contribution in [0.2, 0.25) is 0 Å². The molecular formula is C11H13NO3. The quantitative estimate of drug-likeness (QED) is 0.684. The number of carbonyl (C=O) groups is 2. The Kier molecular flexibility index (Phi) is 4.00. The lowest BCUT2D eigenvalue weighted by Crippen LogP contribution is -2.32. The van der Waals surface area contributed by atoms with Gasteiger partial charge in [0.05, 0.1) is 0 Å². The van der Waals surface area contributed by atoms with Gasteiger partial charge < -0.3 is 15.6 Å². The predicted octanol–water partition coefficient (Wildman–Crippen LogP) is 0.382. The summed E-state index contributed by atoms with van der Waals surface area (Å²) < 4.78 is 0. The Morgan fingerprint density at radius 1 is 1.33 bits per heavy atom. The van der Waals surface area contributed by atoms with Crippen molar-refractivity contribution in [2.24, 2.45) is 5.73 Å². The summed E-state index contributed by atoms with van der Waals surface area (Å²) in [7, 11) is 0. The highest BCUT2D eigenvalue weighted by molar-refractivity contribution is 5.73. The van der Waals surface area contributed by atoms with Crippen molar-refractivity contribution in [3.05, 3.63) is 35.4 Å². The molecular weight excluding hydrogens is 194 g/mol. The number of rotatable bonds is 5. The van der Waals surface area contributed by atoms with Crippen LogP contribution in [0.1, 0.15) is 11.1 Å². The Bertz CT molecular complexity index is 345. The molecule has 15 heavy (non-hydrogen) atoms. The zero-order valence-corrected chi connectivity index (χ0v) is 8.22. The van der Waals surface area contributed by atoms with E-state index >= 15 is 0 Å². The average molecular weight is 207 g/mol. The summed E-state index contributed by atoms with van der Waals surface area (Å²) >= 11 is 0. The second kappa shape index (κ2) is 5.26. The fourth-order valence-electron chi connectivity index (χ4n) is 1.25. The van der Waals surface area contributed by atoms with Gasteiger partial charge in [-0.2, -0.15) is 0 Å². The molecule has 80 valence electrons. The van der Waals surface area contributed by atoms with Crippen molar-refractivity contribution >= 4 is 12.3 Å². The van der Waals surface area contributed by atoms with Gasteiger partial charge in [0.1, 0.15) is 12.3 Å². The number of carboxylic acids is 1. The van der Waals surface area contributed by atoms with Crippen molar-refractivity contribution in [1.29, 1.82) is 0 Å². The lowest BCUT2D eigenvalue weighted by atomic mass is 10.0. The monoisotopic (exact) mass is 207 g/mol. The first-order valence-electron chi connectivity index (χ1n) is 4.63. The van der Waals surface area contributed by atoms with E-state index in [2.05, 4.69) is 0 Å². The standard InChI is InChI=1S/C11H13NO3/c12-10(11(14)15)7-9-3-1-8(2-4-9)5-6-13/h1-4,6,10H,5,7,12H2,(H,14,15). The van der Waals surface area contributed by atoms with Crippen molar-refractivity contribution in [1.82, 2.24) is 0 Å². The topological polar surface area (TPSA) is 80.4 Å². The predicted molar refractivity (Wildman–Crippen MR) is 55.5 cm³/mol. The Morgan fingerprint density at radius 2 is 1.87 bits per heavy atom. The van der Waals surface area contributed by atoms with Crippen molar-refractivity contribution in [3.8, 4) is 0 Å². The van der Waals surface area contributed by atoms with Crippen LogP contribution < -0.4 is 5.73 Å². The van der Waals surface area contributed by atoms with Crippen LogP contribution >= 0.6 is 0 Å². The van der Waals surface area contributed by atoms with Crippen LogP contribution in [-0.2, 0) is 22.4 Å². The van der Waals surface area contributed by atoms with Crippen LogP contribution in [0.3, 0.4) is 0 Å². The zero-order valence-electron chi connectivity index (χ0n) is 8.22. The van der Waals surface area contributed by atoms with Gasteiger partial charge in [0, 0.05) is 6.42 Å². The molecule has 1 aromatic rings. The maximum atomic E-state index is 10.5. The molecule has 0 radical (unpaired) electrons. The third-order valence-corrected chi connectivity index (χ3v) is 2.11. The molecule has 4 heteroatoms. The summed E-state index contributed by atoms with van der Waals surface area (Å²) in [6, 6.07) is 6.32. The van der Waals surface area contributed by atoms with E-state index in [1.165, 1.54) is 0 Å². The summed E-state index contributed by atoms with van der Waals surface area (Å²) in [5.41, 5.74) is 7.16. The van der Waals surface area contributed by atoms with Gasteiger partial charge >= 0.3 is 5.97 Å². The molecule has 0 heterocycles. The van der Waals surface area contributed by atoms with Crippen LogP contribution in [0.4, 0.5) is 0 Å². The van der Waals surface area contributed by atoms with E-state index in [-0.39, 0.29) is 0 Å². The minimum Gasteiger partial charge on any atom is -0.480 e. The summed E-state index contributed by atoms with van der Waals surface area (Å²) in [6.07, 6.45) is 1.51. The number of aliphatic carboxylic acids is 1. The fourth-order valence-corrected chi connectivity index (χ4v) is 1.25. The molecule has 0 aliphatic heterocycles. The van der Waals surface area contributed by atoms with Gasteiger partial charge in [-0.1, -0.05) is 24.3 Å². The third-order valence-electron chi connectivity index (χ3n) is 2.11. The van der Waals surface area contributed by atoms with Crippen LogP contribution in [0.15, 0.2) is 24.3 Å². The minimum atomic E-state index is -1.01. The van der Waals surface area contributed by atoms with Gasteiger partial charge in [-0.05, 0) is 17.5 Å². The molecule has 1 rings (SSSR count). The lowest BCUT2D eigenvalue weighted by Gasteiger charge is -2.06. The summed E-state index contributed by atoms with van der Waals surface area (Å²) in [5, 5.41) is 8.61. The van der Waals surface area contributed by atoms with Gasteiger partial charge in [-0.25, -0.2) is 0 Å². The second-order valence-corrected chi connectivity index (χ2v) is 3.34. The molecule has 0 aromatic heterocycles. The fraction of sp³-hybridized carbons (Fsp3) is 0.273. The highest BCUT2D eigenvalue weighted by Crippen LogP contribution is 2.06. The van der Waals surface area contributed by atoms with Gasteiger partial charge in [-0.15, -0.1) is 0 Å². The number of carbonyl (C=O) groups excluding carboxylic acids is 1. The zero-order chi connectivity index (χ0) is 11.3. The Morgan fingerprint density at radius 3 is 2.33 bits per heavy atom. The average Bonchev–Trinajstić information content (AvgIpc) is 2.21. The van der Waals surface area contributed by atoms with Crippen molar-refractivity contribution < 1.29 is 14.7 Å². The van der Waals surface area contributed by atoms with E-state index in [9.17, 15) is 9.59 Å². The molecule has 1 atom stereocenters. The molecule has 0 aliphatic carbocycles. The number of hydrogen-bond acceptors (Lipinski definition) is 3. The largest absolute Gasteiger partial charge is 0.480 e. The molecule has 0 spiro atoms. The van der Waals surface area contributed by atoms with Crippen LogP contribution in [0, 0.1) is 0 Å². The van der Waals surface area contributed by atoms with Crippen molar-refractivity contribution in [2.75, 3.05) is 0 Å². The van der Waals surface area contributed by atoms with Crippen LogP contribution in [-0.4, -0.2) is 23.4 Å². The molecule has 0 amide bonds. The highest BCUT2D eigenvalue weighted by Gasteiger charge is 2.11. The molecule has 0 saturated heterocycles. The van der Waals surface area contributed by atoms with E-state index in [1.54, 1.807) is 24.3 Å². The van der Waals surface area contributed by atoms with E-state index in [1.807, 2.05) is 0 Å². The number of aldehydes is 1. The van der Waals surface area contributed by atoms with E-state index in [0.29, 0.717) is 12.8 Å². The van der Waals surface area contributed by atoms with E-state index < -0.39 is 12.0 Å². The smallest absolute Gasteiger partial charge is 0.320 e. The van der Waals surface area contributed by atoms with Crippen LogP contribution in [0.5, 0.6) is 0 Å². The lowest BCUT2D eigenvalue weighted by molar-refractivity contribution is -0.138. The molecule has 4 nitrogen and oxygen atoms in total. The third kappa shape index (κ3) is 3.52. The highest BCUT2D eigenvalue weighted by atomic mass is 16.4. The second-order valence-electron chi connectivity index (χ2n) is 3.34. The Labute approximate surface area is 87.7 Å². The Balaban J connectivity index is 2.64. The maximum absolute atomic E-state index is 10.5. The summed E-state index contributed by atoms with van der Waals surface area (Å²) in [5.74, 6) is -1.01. The van der Waals surface area contributed by atoms with Gasteiger partial charge in [0.15, 0.2) is 0 Å².